The van der Waals surface area contributed by atoms with Gasteiger partial charge in [0, 0.05) is 18.3 Å². The lowest BCUT2D eigenvalue weighted by Gasteiger charge is -2.25. The first kappa shape index (κ1) is 10.1. The van der Waals surface area contributed by atoms with Crippen LogP contribution >= 0.6 is 0 Å². The predicted molar refractivity (Wildman–Crippen MR) is 56.1 cm³/mol. The van der Waals surface area contributed by atoms with Crippen LogP contribution in [0.2, 0.25) is 0 Å². The maximum atomic E-state index is 8.72. The fourth-order valence-corrected chi connectivity index (χ4v) is 1.43. The Morgan fingerprint density at radius 2 is 2.33 bits per heavy atom. The molecule has 2 rings (SSSR count). The number of hydrogen-bond acceptors (Lipinski definition) is 5. The third kappa shape index (κ3) is 2.14. The van der Waals surface area contributed by atoms with E-state index in [1.165, 1.54) is 0 Å². The smallest absolute Gasteiger partial charge is 0.163 e. The molecule has 1 heterocycles. The summed E-state index contributed by atoms with van der Waals surface area (Å²) in [6.45, 7) is 0.799. The van der Waals surface area contributed by atoms with Crippen molar-refractivity contribution in [3.8, 4) is 11.5 Å². The molecule has 82 valence electrons. The topological polar surface area (TPSA) is 76.7 Å². The standard InChI is InChI=1S/C10H14N2O3/c11-4-8-5-14-9-2-1-7(12-6-13)3-10(9)15-8/h1-3,8,12-13H,4-6,11H2. The second kappa shape index (κ2) is 4.37. The summed E-state index contributed by atoms with van der Waals surface area (Å²) in [4.78, 5) is 0. The number of hydrogen-bond donors (Lipinski definition) is 3. The van der Waals surface area contributed by atoms with Crippen molar-refractivity contribution >= 4 is 5.69 Å². The third-order valence-electron chi connectivity index (χ3n) is 2.21. The molecule has 1 aliphatic heterocycles. The van der Waals surface area contributed by atoms with Gasteiger partial charge in [0.25, 0.3) is 0 Å². The van der Waals surface area contributed by atoms with Gasteiger partial charge < -0.3 is 25.6 Å². The van der Waals surface area contributed by atoms with E-state index in [9.17, 15) is 0 Å². The van der Waals surface area contributed by atoms with Crippen LogP contribution in [0, 0.1) is 0 Å². The number of aliphatic hydroxyl groups is 1. The number of aliphatic hydroxyl groups excluding tert-OH is 1. The van der Waals surface area contributed by atoms with Gasteiger partial charge in [-0.3, -0.25) is 0 Å². The number of nitrogens with one attached hydrogen (secondary N) is 1. The maximum Gasteiger partial charge on any atom is 0.163 e. The Kier molecular flexibility index (Phi) is 2.94. The summed E-state index contributed by atoms with van der Waals surface area (Å²) >= 11 is 0. The van der Waals surface area contributed by atoms with E-state index < -0.39 is 0 Å². The first-order valence-electron chi connectivity index (χ1n) is 4.82. The quantitative estimate of drug-likeness (QED) is 0.619. The minimum Gasteiger partial charge on any atom is -0.486 e. The molecule has 0 saturated heterocycles. The van der Waals surface area contributed by atoms with Crippen LogP contribution in [0.5, 0.6) is 11.5 Å². The minimum atomic E-state index is -0.111. The van der Waals surface area contributed by atoms with Gasteiger partial charge in [0.05, 0.1) is 0 Å². The zero-order chi connectivity index (χ0) is 10.7. The van der Waals surface area contributed by atoms with Crippen LogP contribution in [0.25, 0.3) is 0 Å². The second-order valence-corrected chi connectivity index (χ2v) is 3.28. The Morgan fingerprint density at radius 3 is 3.07 bits per heavy atom. The number of fused-ring (bicyclic) bond motifs is 1. The highest BCUT2D eigenvalue weighted by molar-refractivity contribution is 5.55. The van der Waals surface area contributed by atoms with Crippen molar-refractivity contribution in [1.29, 1.82) is 0 Å². The summed E-state index contributed by atoms with van der Waals surface area (Å²) < 4.78 is 11.1. The molecule has 1 aliphatic rings. The molecule has 1 unspecified atom stereocenters. The summed E-state index contributed by atoms with van der Waals surface area (Å²) in [5.74, 6) is 1.37. The van der Waals surface area contributed by atoms with Crippen LogP contribution in [0.1, 0.15) is 0 Å². The van der Waals surface area contributed by atoms with E-state index in [1.54, 1.807) is 12.1 Å². The van der Waals surface area contributed by atoms with Crippen molar-refractivity contribution in [2.45, 2.75) is 6.10 Å². The molecule has 0 radical (unpaired) electrons. The van der Waals surface area contributed by atoms with Gasteiger partial charge in [-0.15, -0.1) is 0 Å². The average molecular weight is 210 g/mol. The zero-order valence-electron chi connectivity index (χ0n) is 8.27. The van der Waals surface area contributed by atoms with Crippen LogP contribution in [-0.2, 0) is 0 Å². The van der Waals surface area contributed by atoms with Gasteiger partial charge in [-0.25, -0.2) is 0 Å². The van der Waals surface area contributed by atoms with Gasteiger partial charge in [0.15, 0.2) is 11.5 Å². The number of anilines is 1. The van der Waals surface area contributed by atoms with Crippen LogP contribution < -0.4 is 20.5 Å². The van der Waals surface area contributed by atoms with Gasteiger partial charge in [-0.05, 0) is 12.1 Å². The van der Waals surface area contributed by atoms with E-state index >= 15 is 0 Å². The van der Waals surface area contributed by atoms with Crippen molar-refractivity contribution in [3.05, 3.63) is 18.2 Å². The molecule has 0 aromatic heterocycles. The van der Waals surface area contributed by atoms with Crippen molar-refractivity contribution in [2.75, 3.05) is 25.2 Å². The van der Waals surface area contributed by atoms with Crippen molar-refractivity contribution in [3.63, 3.8) is 0 Å². The zero-order valence-corrected chi connectivity index (χ0v) is 8.27. The van der Waals surface area contributed by atoms with E-state index in [-0.39, 0.29) is 12.8 Å². The molecule has 1 atom stereocenters. The molecule has 0 spiro atoms. The van der Waals surface area contributed by atoms with Gasteiger partial charge >= 0.3 is 0 Å². The van der Waals surface area contributed by atoms with Crippen LogP contribution in [0.3, 0.4) is 0 Å². The summed E-state index contributed by atoms with van der Waals surface area (Å²) in [6.07, 6.45) is -0.0955. The minimum absolute atomic E-state index is 0.0955. The van der Waals surface area contributed by atoms with E-state index in [4.69, 9.17) is 20.3 Å². The lowest BCUT2D eigenvalue weighted by molar-refractivity contribution is 0.0970. The van der Waals surface area contributed by atoms with Gasteiger partial charge in [-0.2, -0.15) is 0 Å². The Bertz CT molecular complexity index is 343. The predicted octanol–water partition coefficient (Wildman–Crippen LogP) is 0.147. The van der Waals surface area contributed by atoms with Crippen molar-refractivity contribution in [2.24, 2.45) is 5.73 Å². The lowest BCUT2D eigenvalue weighted by atomic mass is 10.2. The fourth-order valence-electron chi connectivity index (χ4n) is 1.43. The molecule has 5 heteroatoms. The number of nitrogens with two attached hydrogens (primary N) is 1. The van der Waals surface area contributed by atoms with Crippen molar-refractivity contribution < 1.29 is 14.6 Å². The molecule has 0 aliphatic carbocycles. The Labute approximate surface area is 87.8 Å². The molecule has 1 aromatic carbocycles. The monoisotopic (exact) mass is 210 g/mol. The van der Waals surface area contributed by atoms with Gasteiger partial charge in [0.1, 0.15) is 19.4 Å². The molecule has 0 bridgehead atoms. The highest BCUT2D eigenvalue weighted by atomic mass is 16.6. The first-order chi connectivity index (χ1) is 7.33. The fraction of sp³-hybridized carbons (Fsp3) is 0.400. The van der Waals surface area contributed by atoms with Gasteiger partial charge in [-0.1, -0.05) is 0 Å². The van der Waals surface area contributed by atoms with Crippen LogP contribution in [0.4, 0.5) is 5.69 Å². The summed E-state index contributed by atoms with van der Waals surface area (Å²) in [6, 6.07) is 5.41. The second-order valence-electron chi connectivity index (χ2n) is 3.28. The Morgan fingerprint density at radius 1 is 1.47 bits per heavy atom. The number of benzene rings is 1. The molecule has 0 amide bonds. The van der Waals surface area contributed by atoms with Gasteiger partial charge in [0.2, 0.25) is 0 Å². The Balaban J connectivity index is 2.19. The highest BCUT2D eigenvalue weighted by Gasteiger charge is 2.19. The van der Waals surface area contributed by atoms with E-state index in [2.05, 4.69) is 5.32 Å². The van der Waals surface area contributed by atoms with Crippen LogP contribution in [0.15, 0.2) is 18.2 Å². The third-order valence-corrected chi connectivity index (χ3v) is 2.21. The first-order valence-corrected chi connectivity index (χ1v) is 4.82. The van der Waals surface area contributed by atoms with E-state index in [1.807, 2.05) is 6.07 Å². The summed E-state index contributed by atoms with van der Waals surface area (Å²) in [5.41, 5.74) is 6.29. The molecule has 4 N–H and O–H groups in total. The highest BCUT2D eigenvalue weighted by Crippen LogP contribution is 2.33. The normalized spacial score (nSPS) is 18.7. The lowest BCUT2D eigenvalue weighted by Crippen LogP contribution is -2.35. The Hall–Kier alpha value is -1.46. The molecule has 0 fully saturated rings. The van der Waals surface area contributed by atoms with E-state index in [0.29, 0.717) is 24.7 Å². The number of rotatable bonds is 3. The molecular formula is C10H14N2O3. The molecular weight excluding hydrogens is 196 g/mol. The van der Waals surface area contributed by atoms with Crippen molar-refractivity contribution in [1.82, 2.24) is 0 Å². The number of ether oxygens (including phenoxy) is 2. The maximum absolute atomic E-state index is 8.72. The average Bonchev–Trinajstić information content (AvgIpc) is 2.28. The summed E-state index contributed by atoms with van der Waals surface area (Å²) in [7, 11) is 0. The summed E-state index contributed by atoms with van der Waals surface area (Å²) in [5, 5.41) is 11.5. The molecule has 15 heavy (non-hydrogen) atoms. The SMILES string of the molecule is NCC1COc2ccc(NCO)cc2O1. The molecule has 1 aromatic rings. The van der Waals surface area contributed by atoms with Crippen LogP contribution in [-0.4, -0.2) is 31.1 Å². The van der Waals surface area contributed by atoms with E-state index in [0.717, 1.165) is 5.69 Å². The molecule has 0 saturated carbocycles. The molecule has 5 nitrogen and oxygen atoms in total. The largest absolute Gasteiger partial charge is 0.486 e.